The Bertz CT molecular complexity index is 668. The summed E-state index contributed by atoms with van der Waals surface area (Å²) in [6.07, 6.45) is 12.6. The van der Waals surface area contributed by atoms with Gasteiger partial charge in [-0.1, -0.05) is 18.2 Å². The average Bonchev–Trinajstić information content (AvgIpc) is 2.49. The van der Waals surface area contributed by atoms with Crippen LogP contribution in [0.1, 0.15) is 53.4 Å². The van der Waals surface area contributed by atoms with Crippen molar-refractivity contribution in [2.75, 3.05) is 0 Å². The highest BCUT2D eigenvalue weighted by atomic mass is 19.1. The summed E-state index contributed by atoms with van der Waals surface area (Å²) < 4.78 is 14.1. The molecule has 0 unspecified atom stereocenters. The van der Waals surface area contributed by atoms with Crippen LogP contribution in [-0.4, -0.2) is 15.6 Å². The Morgan fingerprint density at radius 2 is 2.17 bits per heavy atom. The van der Waals surface area contributed by atoms with Gasteiger partial charge in [-0.2, -0.15) is 0 Å². The van der Waals surface area contributed by atoms with Crippen molar-refractivity contribution in [3.05, 3.63) is 71.0 Å². The van der Waals surface area contributed by atoms with E-state index in [0.717, 1.165) is 41.7 Å². The second kappa shape index (κ2) is 7.35. The molecular formula is C21H28FNO. The first-order valence-electron chi connectivity index (χ1n) is 8.50. The van der Waals surface area contributed by atoms with Crippen molar-refractivity contribution in [1.82, 2.24) is 4.90 Å². The van der Waals surface area contributed by atoms with Crippen molar-refractivity contribution < 1.29 is 9.50 Å². The number of halogens is 1. The van der Waals surface area contributed by atoms with Crippen LogP contribution in [0.4, 0.5) is 4.39 Å². The highest BCUT2D eigenvalue weighted by Crippen LogP contribution is 2.34. The number of nitrogens with zero attached hydrogens (tertiary/aromatic N) is 1. The Hall–Kier alpha value is -1.87. The zero-order valence-corrected chi connectivity index (χ0v) is 15.2. The molecule has 0 radical (unpaired) electrons. The van der Waals surface area contributed by atoms with Crippen molar-refractivity contribution >= 4 is 0 Å². The molecule has 2 rings (SSSR count). The predicted octanol–water partition coefficient (Wildman–Crippen LogP) is 5.67. The summed E-state index contributed by atoms with van der Waals surface area (Å²) in [6, 6.07) is 0. The molecule has 0 bridgehead atoms. The van der Waals surface area contributed by atoms with E-state index in [9.17, 15) is 9.50 Å². The molecule has 0 amide bonds. The number of hydrogen-bond donors (Lipinski definition) is 1. The smallest absolute Gasteiger partial charge is 0.126 e. The topological polar surface area (TPSA) is 23.5 Å². The molecule has 130 valence electrons. The van der Waals surface area contributed by atoms with Gasteiger partial charge in [-0.25, -0.2) is 4.39 Å². The van der Waals surface area contributed by atoms with E-state index in [2.05, 4.69) is 13.5 Å². The minimum atomic E-state index is -0.661. The third-order valence-electron chi connectivity index (χ3n) is 4.33. The van der Waals surface area contributed by atoms with Gasteiger partial charge in [0.15, 0.2) is 0 Å². The summed E-state index contributed by atoms with van der Waals surface area (Å²) in [5.41, 5.74) is 4.09. The maximum atomic E-state index is 14.1. The standard InChI is InChI=1S/C21H28FNO/c1-15(10-11-21(4,5)24)13-23-14-16(2)19(12-17(23)3)18-8-6-7-9-20(18)22/h7,9,12-14,24H,3,6,8,10-11H2,1-2,4-5H3/b15-13+. The van der Waals surface area contributed by atoms with Crippen LogP contribution in [0.25, 0.3) is 0 Å². The summed E-state index contributed by atoms with van der Waals surface area (Å²) in [5, 5.41) is 9.84. The molecule has 0 aromatic rings. The first-order chi connectivity index (χ1) is 11.2. The largest absolute Gasteiger partial charge is 0.390 e. The van der Waals surface area contributed by atoms with E-state index in [1.54, 1.807) is 6.08 Å². The first kappa shape index (κ1) is 18.5. The van der Waals surface area contributed by atoms with Crippen molar-refractivity contribution in [3.63, 3.8) is 0 Å². The molecule has 0 saturated carbocycles. The van der Waals surface area contributed by atoms with Crippen molar-refractivity contribution in [3.8, 4) is 0 Å². The van der Waals surface area contributed by atoms with Crippen LogP contribution in [0.15, 0.2) is 71.0 Å². The number of aliphatic hydroxyl groups is 1. The lowest BCUT2D eigenvalue weighted by molar-refractivity contribution is 0.0713. The second-order valence-corrected chi connectivity index (χ2v) is 7.32. The van der Waals surface area contributed by atoms with E-state index in [-0.39, 0.29) is 5.83 Å². The molecule has 0 spiro atoms. The third-order valence-corrected chi connectivity index (χ3v) is 4.33. The second-order valence-electron chi connectivity index (χ2n) is 7.32. The van der Waals surface area contributed by atoms with Crippen LogP contribution in [0.5, 0.6) is 0 Å². The highest BCUT2D eigenvalue weighted by molar-refractivity contribution is 5.55. The molecule has 0 aromatic heterocycles. The van der Waals surface area contributed by atoms with E-state index in [1.807, 2.05) is 50.2 Å². The van der Waals surface area contributed by atoms with Gasteiger partial charge in [0.2, 0.25) is 0 Å². The molecule has 3 heteroatoms. The van der Waals surface area contributed by atoms with Gasteiger partial charge < -0.3 is 10.0 Å². The zero-order valence-electron chi connectivity index (χ0n) is 15.2. The summed E-state index contributed by atoms with van der Waals surface area (Å²) in [6.45, 7) is 11.8. The molecular weight excluding hydrogens is 301 g/mol. The van der Waals surface area contributed by atoms with Gasteiger partial charge in [0.1, 0.15) is 5.83 Å². The van der Waals surface area contributed by atoms with Gasteiger partial charge in [-0.3, -0.25) is 0 Å². The van der Waals surface area contributed by atoms with Gasteiger partial charge >= 0.3 is 0 Å². The Morgan fingerprint density at radius 3 is 2.79 bits per heavy atom. The fourth-order valence-electron chi connectivity index (χ4n) is 2.86. The van der Waals surface area contributed by atoms with Gasteiger partial charge in [0.25, 0.3) is 0 Å². The zero-order chi connectivity index (χ0) is 17.9. The lowest BCUT2D eigenvalue weighted by Crippen LogP contribution is -2.18. The summed E-state index contributed by atoms with van der Waals surface area (Å²) in [4.78, 5) is 1.98. The van der Waals surface area contributed by atoms with E-state index in [1.165, 1.54) is 5.57 Å². The molecule has 0 saturated heterocycles. The van der Waals surface area contributed by atoms with E-state index in [4.69, 9.17) is 0 Å². The predicted molar refractivity (Wildman–Crippen MR) is 98.6 cm³/mol. The Kier molecular flexibility index (Phi) is 5.66. The van der Waals surface area contributed by atoms with Crippen LogP contribution in [0, 0.1) is 0 Å². The molecule has 0 fully saturated rings. The molecule has 2 aliphatic rings. The molecule has 1 aliphatic heterocycles. The van der Waals surface area contributed by atoms with Crippen molar-refractivity contribution in [2.45, 2.75) is 59.0 Å². The normalized spacial score (nSPS) is 19.7. The Labute approximate surface area is 145 Å². The van der Waals surface area contributed by atoms with Crippen LogP contribution >= 0.6 is 0 Å². The maximum absolute atomic E-state index is 14.1. The summed E-state index contributed by atoms with van der Waals surface area (Å²) in [7, 11) is 0. The minimum absolute atomic E-state index is 0.140. The molecule has 24 heavy (non-hydrogen) atoms. The lowest BCUT2D eigenvalue weighted by atomic mass is 9.90. The van der Waals surface area contributed by atoms with Gasteiger partial charge in [0.05, 0.1) is 5.60 Å². The molecule has 1 N–H and O–H groups in total. The summed E-state index contributed by atoms with van der Waals surface area (Å²) >= 11 is 0. The van der Waals surface area contributed by atoms with Crippen molar-refractivity contribution in [2.24, 2.45) is 0 Å². The average molecular weight is 329 g/mol. The molecule has 0 aromatic carbocycles. The lowest BCUT2D eigenvalue weighted by Gasteiger charge is -2.27. The van der Waals surface area contributed by atoms with Crippen LogP contribution < -0.4 is 0 Å². The number of hydrogen-bond acceptors (Lipinski definition) is 2. The van der Waals surface area contributed by atoms with Gasteiger partial charge in [0, 0.05) is 18.1 Å². The van der Waals surface area contributed by atoms with Gasteiger partial charge in [-0.05, 0) is 82.2 Å². The molecule has 1 aliphatic carbocycles. The quantitative estimate of drug-likeness (QED) is 0.702. The molecule has 2 nitrogen and oxygen atoms in total. The van der Waals surface area contributed by atoms with Crippen LogP contribution in [0.3, 0.4) is 0 Å². The Morgan fingerprint density at radius 1 is 1.46 bits per heavy atom. The first-order valence-corrected chi connectivity index (χ1v) is 8.50. The van der Waals surface area contributed by atoms with Crippen LogP contribution in [0.2, 0.25) is 0 Å². The van der Waals surface area contributed by atoms with Crippen molar-refractivity contribution in [1.29, 1.82) is 0 Å². The third kappa shape index (κ3) is 4.81. The fraction of sp³-hybridized carbons (Fsp3) is 0.429. The Balaban J connectivity index is 2.16. The number of allylic oxidation sites excluding steroid dienone is 8. The molecule has 0 atom stereocenters. The van der Waals surface area contributed by atoms with Crippen LogP contribution in [-0.2, 0) is 0 Å². The van der Waals surface area contributed by atoms with E-state index in [0.29, 0.717) is 6.42 Å². The monoisotopic (exact) mass is 329 g/mol. The fourth-order valence-corrected chi connectivity index (χ4v) is 2.86. The SMILES string of the molecule is C=C1C=C(C2=C(F)C=CCC2)C(C)=CN1/C=C(\C)CCC(C)(C)O. The highest BCUT2D eigenvalue weighted by Gasteiger charge is 2.19. The van der Waals surface area contributed by atoms with E-state index >= 15 is 0 Å². The van der Waals surface area contributed by atoms with E-state index < -0.39 is 5.60 Å². The van der Waals surface area contributed by atoms with Gasteiger partial charge in [-0.15, -0.1) is 0 Å². The number of rotatable bonds is 5. The minimum Gasteiger partial charge on any atom is -0.390 e. The summed E-state index contributed by atoms with van der Waals surface area (Å²) in [5.74, 6) is -0.140. The molecule has 1 heterocycles. The maximum Gasteiger partial charge on any atom is 0.126 e.